The molecule has 1 spiro atoms. The fourth-order valence-electron chi connectivity index (χ4n) is 5.13. The van der Waals surface area contributed by atoms with E-state index in [0.717, 1.165) is 58.6 Å². The number of pyridine rings is 1. The molecular weight excluding hydrogens is 554 g/mol. The van der Waals surface area contributed by atoms with Gasteiger partial charge in [0, 0.05) is 72.5 Å². The number of imidazole rings is 1. The van der Waals surface area contributed by atoms with Crippen LogP contribution in [0.1, 0.15) is 45.2 Å². The lowest BCUT2D eigenvalue weighted by molar-refractivity contribution is 0.0377. The number of rotatable bonds is 5. The predicted molar refractivity (Wildman–Crippen MR) is 156 cm³/mol. The zero-order valence-electron chi connectivity index (χ0n) is 21.9. The lowest BCUT2D eigenvalue weighted by atomic mass is 9.83. The van der Waals surface area contributed by atoms with Crippen molar-refractivity contribution in [3.63, 3.8) is 0 Å². The van der Waals surface area contributed by atoms with Crippen molar-refractivity contribution >= 4 is 52.1 Å². The molecule has 0 saturated carbocycles. The molecule has 4 aromatic rings. The minimum Gasteiger partial charge on any atom is -0.598 e. The van der Waals surface area contributed by atoms with Gasteiger partial charge in [-0.2, -0.15) is 0 Å². The molecule has 2 aliphatic rings. The van der Waals surface area contributed by atoms with Gasteiger partial charge in [0.05, 0.1) is 9.92 Å². The van der Waals surface area contributed by atoms with Crippen LogP contribution in [0.15, 0.2) is 64.9 Å². The van der Waals surface area contributed by atoms with E-state index in [9.17, 15) is 4.55 Å². The molecule has 204 valence electrons. The number of hydrogen-bond donors (Lipinski definition) is 2. The molecule has 0 radical (unpaired) electrons. The average molecular weight is 584 g/mol. The number of aromatic nitrogens is 4. The number of nitrogens with two attached hydrogens (primary N) is 1. The topological polar surface area (TPSA) is 117 Å². The number of fused-ring (bicyclic) bond motifs is 2. The fraction of sp³-hybridized carbons (Fsp3) is 0.370. The van der Waals surface area contributed by atoms with Crippen LogP contribution in [-0.2, 0) is 11.4 Å². The average Bonchev–Trinajstić information content (AvgIpc) is 3.51. The van der Waals surface area contributed by atoms with Gasteiger partial charge in [-0.25, -0.2) is 15.0 Å². The van der Waals surface area contributed by atoms with E-state index in [2.05, 4.69) is 25.7 Å². The van der Waals surface area contributed by atoms with Crippen LogP contribution in [0.2, 0.25) is 5.02 Å². The van der Waals surface area contributed by atoms with Crippen LogP contribution in [0.25, 0.3) is 5.65 Å². The van der Waals surface area contributed by atoms with E-state index in [1.54, 1.807) is 12.4 Å². The predicted octanol–water partition coefficient (Wildman–Crippen LogP) is 5.04. The summed E-state index contributed by atoms with van der Waals surface area (Å²) in [7, 11) is 0. The smallest absolute Gasteiger partial charge is 0.211 e. The Labute approximate surface area is 239 Å². The van der Waals surface area contributed by atoms with Crippen molar-refractivity contribution in [2.45, 2.75) is 59.8 Å². The van der Waals surface area contributed by atoms with Gasteiger partial charge in [0.25, 0.3) is 0 Å². The number of hydrogen-bond acceptors (Lipinski definition) is 9. The van der Waals surface area contributed by atoms with Gasteiger partial charge in [0.2, 0.25) is 5.95 Å². The summed E-state index contributed by atoms with van der Waals surface area (Å²) < 4.78 is 24.8. The Bertz CT molecular complexity index is 1520. The molecule has 2 aliphatic heterocycles. The van der Waals surface area contributed by atoms with Gasteiger partial charge in [-0.1, -0.05) is 41.6 Å². The fourth-order valence-corrected chi connectivity index (χ4v) is 7.18. The van der Waals surface area contributed by atoms with Crippen LogP contribution in [0, 0.1) is 0 Å². The second-order valence-corrected chi connectivity index (χ2v) is 14.2. The number of halogens is 1. The van der Waals surface area contributed by atoms with Crippen molar-refractivity contribution in [1.29, 1.82) is 0 Å². The molecule has 39 heavy (non-hydrogen) atoms. The highest BCUT2D eigenvalue weighted by Gasteiger charge is 2.53. The van der Waals surface area contributed by atoms with Crippen molar-refractivity contribution < 1.29 is 9.29 Å². The summed E-state index contributed by atoms with van der Waals surface area (Å²) in [5.41, 5.74) is 7.27. The minimum absolute atomic E-state index is 0.159. The summed E-state index contributed by atoms with van der Waals surface area (Å²) in [6, 6.07) is 9.74. The van der Waals surface area contributed by atoms with E-state index in [4.69, 9.17) is 27.1 Å². The first kappa shape index (κ1) is 26.5. The van der Waals surface area contributed by atoms with Gasteiger partial charge >= 0.3 is 0 Å². The number of para-hydroxylation sites is 1. The standard InChI is InChI=1S/C27H30ClN7O2S2/c1-26(2,3)39(36)33-22-17-6-4-5-7-18(17)37-27(22)9-13-34(14-10-27)25-32-16-20(24-31-12-15-35(24)25)38-19-8-11-30-23(29)21(19)28/h4-8,11-12,15-16,22,33H,9-10,13-14H2,1-3H3,(H2,29,30)/t22-,39?/m1/s1. The Morgan fingerprint density at radius 2 is 1.90 bits per heavy atom. The summed E-state index contributed by atoms with van der Waals surface area (Å²) in [6.07, 6.45) is 8.67. The highest BCUT2D eigenvalue weighted by molar-refractivity contribution is 7.99. The molecule has 1 saturated heterocycles. The second kappa shape index (κ2) is 10.0. The summed E-state index contributed by atoms with van der Waals surface area (Å²) >= 11 is 6.61. The molecule has 3 N–H and O–H groups in total. The van der Waals surface area contributed by atoms with E-state index in [1.807, 2.05) is 61.8 Å². The molecule has 1 aromatic carbocycles. The molecule has 0 amide bonds. The summed E-state index contributed by atoms with van der Waals surface area (Å²) in [5, 5.41) is 0.422. The maximum Gasteiger partial charge on any atom is 0.211 e. The first-order valence-corrected chi connectivity index (χ1v) is 15.1. The monoisotopic (exact) mass is 583 g/mol. The Kier molecular flexibility index (Phi) is 6.83. The third kappa shape index (κ3) is 4.80. The van der Waals surface area contributed by atoms with Crippen molar-refractivity contribution in [2.24, 2.45) is 0 Å². The minimum atomic E-state index is -1.23. The SMILES string of the molecule is CC(C)(C)[S+]([O-])N[C@@H]1c2ccccc2OC12CCN(c1ncc(Sc3ccnc(N)c3Cl)c3nccn13)CC2. The zero-order chi connectivity index (χ0) is 27.4. The summed E-state index contributed by atoms with van der Waals surface area (Å²) in [5.74, 6) is 1.98. The van der Waals surface area contributed by atoms with Crippen molar-refractivity contribution in [2.75, 3.05) is 23.7 Å². The first-order chi connectivity index (χ1) is 18.7. The van der Waals surface area contributed by atoms with Gasteiger partial charge in [0.1, 0.15) is 28.0 Å². The van der Waals surface area contributed by atoms with Crippen molar-refractivity contribution in [1.82, 2.24) is 24.1 Å². The molecular formula is C27H30ClN7O2S2. The Morgan fingerprint density at radius 3 is 2.67 bits per heavy atom. The van der Waals surface area contributed by atoms with Crippen LogP contribution >= 0.6 is 23.4 Å². The highest BCUT2D eigenvalue weighted by Crippen LogP contribution is 2.49. The molecule has 1 fully saturated rings. The van der Waals surface area contributed by atoms with Gasteiger partial charge in [0.15, 0.2) is 5.65 Å². The number of anilines is 2. The Balaban J connectivity index is 1.25. The third-order valence-corrected chi connectivity index (χ3v) is 10.4. The maximum atomic E-state index is 13.2. The van der Waals surface area contributed by atoms with Crippen LogP contribution in [0.5, 0.6) is 5.75 Å². The van der Waals surface area contributed by atoms with Crippen LogP contribution in [0.3, 0.4) is 0 Å². The van der Waals surface area contributed by atoms with Crippen LogP contribution in [0.4, 0.5) is 11.8 Å². The van der Waals surface area contributed by atoms with E-state index < -0.39 is 17.0 Å². The number of nitrogen functional groups attached to an aromatic ring is 1. The normalized spacial score (nSPS) is 19.3. The van der Waals surface area contributed by atoms with E-state index >= 15 is 0 Å². The first-order valence-electron chi connectivity index (χ1n) is 12.8. The lowest BCUT2D eigenvalue weighted by Gasteiger charge is -2.42. The Morgan fingerprint density at radius 1 is 1.13 bits per heavy atom. The third-order valence-electron chi connectivity index (χ3n) is 7.22. The molecule has 2 atom stereocenters. The highest BCUT2D eigenvalue weighted by atomic mass is 35.5. The molecule has 6 rings (SSSR count). The largest absolute Gasteiger partial charge is 0.598 e. The summed E-state index contributed by atoms with van der Waals surface area (Å²) in [4.78, 5) is 17.4. The van der Waals surface area contributed by atoms with Gasteiger partial charge < -0.3 is 19.9 Å². The van der Waals surface area contributed by atoms with E-state index in [-0.39, 0.29) is 10.8 Å². The Hall–Kier alpha value is -2.70. The van der Waals surface area contributed by atoms with Crippen LogP contribution < -0.4 is 20.1 Å². The van der Waals surface area contributed by atoms with Gasteiger partial charge in [-0.05, 0) is 32.9 Å². The van der Waals surface area contributed by atoms with E-state index in [1.165, 1.54) is 11.8 Å². The molecule has 0 bridgehead atoms. The van der Waals surface area contributed by atoms with Gasteiger partial charge in [-0.15, -0.1) is 4.72 Å². The maximum absolute atomic E-state index is 13.2. The van der Waals surface area contributed by atoms with E-state index in [0.29, 0.717) is 10.8 Å². The second-order valence-electron chi connectivity index (χ2n) is 10.8. The molecule has 9 nitrogen and oxygen atoms in total. The number of ether oxygens (including phenoxy) is 1. The molecule has 12 heteroatoms. The number of benzene rings is 1. The van der Waals surface area contributed by atoms with Crippen molar-refractivity contribution in [3.8, 4) is 5.75 Å². The van der Waals surface area contributed by atoms with Crippen molar-refractivity contribution in [3.05, 3.63) is 65.7 Å². The quantitative estimate of drug-likeness (QED) is 0.312. The molecule has 5 heterocycles. The zero-order valence-corrected chi connectivity index (χ0v) is 24.3. The molecule has 1 unspecified atom stereocenters. The number of piperidine rings is 1. The van der Waals surface area contributed by atoms with Gasteiger partial charge in [-0.3, -0.25) is 4.40 Å². The number of nitrogens with one attached hydrogen (secondary N) is 1. The molecule has 3 aromatic heterocycles. The number of nitrogens with zero attached hydrogens (tertiary/aromatic N) is 5. The molecule has 0 aliphatic carbocycles. The lowest BCUT2D eigenvalue weighted by Crippen LogP contribution is -2.55. The van der Waals surface area contributed by atoms with Crippen LogP contribution in [-0.4, -0.2) is 47.3 Å². The summed E-state index contributed by atoms with van der Waals surface area (Å²) in [6.45, 7) is 7.40.